The highest BCUT2D eigenvalue weighted by Crippen LogP contribution is 2.22. The maximum absolute atomic E-state index is 11.7. The number of nitrogens with two attached hydrogens (primary N) is 1. The summed E-state index contributed by atoms with van der Waals surface area (Å²) in [4.78, 5) is 11.7. The summed E-state index contributed by atoms with van der Waals surface area (Å²) in [6.07, 6.45) is 16.0. The minimum absolute atomic E-state index is 0.432. The Morgan fingerprint density at radius 1 is 0.708 bits per heavy atom. The second-order valence-electron chi connectivity index (χ2n) is 6.62. The molecule has 4 nitrogen and oxygen atoms in total. The number of hydrogen-bond acceptors (Lipinski definition) is 3. The van der Waals surface area contributed by atoms with Crippen LogP contribution in [0.2, 0.25) is 0 Å². The van der Waals surface area contributed by atoms with Gasteiger partial charge in [-0.05, 0) is 20.3 Å². The lowest BCUT2D eigenvalue weighted by Gasteiger charge is -2.29. The molecule has 0 aliphatic rings. The van der Waals surface area contributed by atoms with Crippen molar-refractivity contribution in [2.24, 2.45) is 5.73 Å². The van der Waals surface area contributed by atoms with Crippen molar-refractivity contribution in [3.63, 3.8) is 0 Å². The fourth-order valence-corrected chi connectivity index (χ4v) is 3.12. The van der Waals surface area contributed by atoms with Crippen LogP contribution >= 0.6 is 0 Å². The molecule has 0 unspecified atom stereocenters. The third kappa shape index (κ3) is 11.0. The largest absolute Gasteiger partial charge is 0.365 e. The average molecular weight is 344 g/mol. The first-order chi connectivity index (χ1) is 11.6. The van der Waals surface area contributed by atoms with Crippen molar-refractivity contribution < 1.29 is 14.3 Å². The Bertz CT molecular complexity index is 289. The molecule has 0 aliphatic carbocycles. The summed E-state index contributed by atoms with van der Waals surface area (Å²) < 4.78 is 11.1. The van der Waals surface area contributed by atoms with Gasteiger partial charge in [0.2, 0.25) is 5.79 Å². The van der Waals surface area contributed by atoms with Crippen molar-refractivity contribution in [3.05, 3.63) is 0 Å². The maximum Gasteiger partial charge on any atom is 0.277 e. The van der Waals surface area contributed by atoms with Gasteiger partial charge in [0.15, 0.2) is 0 Å². The van der Waals surface area contributed by atoms with Gasteiger partial charge < -0.3 is 15.2 Å². The zero-order chi connectivity index (χ0) is 18.1. The van der Waals surface area contributed by atoms with Gasteiger partial charge in [0.1, 0.15) is 0 Å². The van der Waals surface area contributed by atoms with Crippen LogP contribution in [0, 0.1) is 0 Å². The van der Waals surface area contributed by atoms with E-state index in [0.717, 1.165) is 12.8 Å². The van der Waals surface area contributed by atoms with Gasteiger partial charge in [0, 0.05) is 19.6 Å². The number of hydrogen-bond donors (Lipinski definition) is 1. The molecule has 0 radical (unpaired) electrons. The molecule has 0 aromatic heterocycles. The number of ether oxygens (including phenoxy) is 2. The standard InChI is InChI=1S/C20H41NO3/c1-4-7-8-9-10-11-12-13-14-15-16-17-18-20(19(21)22,23-5-2)24-6-3/h4-18H2,1-3H3,(H2,21,22). The molecule has 0 saturated heterocycles. The van der Waals surface area contributed by atoms with Crippen molar-refractivity contribution in [1.29, 1.82) is 0 Å². The molecule has 0 rings (SSSR count). The van der Waals surface area contributed by atoms with Gasteiger partial charge in [-0.3, -0.25) is 4.79 Å². The molecule has 24 heavy (non-hydrogen) atoms. The lowest BCUT2D eigenvalue weighted by atomic mass is 10.0. The Labute approximate surface area is 149 Å². The van der Waals surface area contributed by atoms with Crippen molar-refractivity contribution >= 4 is 5.91 Å². The highest BCUT2D eigenvalue weighted by atomic mass is 16.7. The quantitative estimate of drug-likeness (QED) is 0.270. The molecule has 0 fully saturated rings. The molecule has 0 atom stereocenters. The zero-order valence-electron chi connectivity index (χ0n) is 16.4. The van der Waals surface area contributed by atoms with Gasteiger partial charge in [-0.2, -0.15) is 0 Å². The summed E-state index contributed by atoms with van der Waals surface area (Å²) in [5, 5.41) is 0. The van der Waals surface area contributed by atoms with Crippen LogP contribution < -0.4 is 5.73 Å². The van der Waals surface area contributed by atoms with Crippen molar-refractivity contribution in [2.75, 3.05) is 13.2 Å². The first kappa shape index (κ1) is 23.4. The molecule has 1 amide bonds. The monoisotopic (exact) mass is 343 g/mol. The molecule has 4 heteroatoms. The predicted octanol–water partition coefficient (Wildman–Crippen LogP) is 5.33. The van der Waals surface area contributed by atoms with Crippen LogP contribution in [0.3, 0.4) is 0 Å². The molecule has 0 bridgehead atoms. The summed E-state index contributed by atoms with van der Waals surface area (Å²) in [5.41, 5.74) is 5.49. The highest BCUT2D eigenvalue weighted by molar-refractivity contribution is 5.81. The van der Waals surface area contributed by atoms with Crippen LogP contribution in [-0.4, -0.2) is 24.9 Å². The Morgan fingerprint density at radius 2 is 1.08 bits per heavy atom. The second-order valence-corrected chi connectivity index (χ2v) is 6.62. The molecule has 0 heterocycles. The van der Waals surface area contributed by atoms with Crippen molar-refractivity contribution in [3.8, 4) is 0 Å². The van der Waals surface area contributed by atoms with E-state index in [4.69, 9.17) is 15.2 Å². The van der Waals surface area contributed by atoms with E-state index < -0.39 is 11.7 Å². The molecule has 0 aromatic carbocycles. The van der Waals surface area contributed by atoms with Crippen LogP contribution in [0.4, 0.5) is 0 Å². The zero-order valence-corrected chi connectivity index (χ0v) is 16.4. The molecule has 2 N–H and O–H groups in total. The van der Waals surface area contributed by atoms with Crippen molar-refractivity contribution in [2.45, 2.75) is 110 Å². The van der Waals surface area contributed by atoms with Gasteiger partial charge in [-0.25, -0.2) is 0 Å². The summed E-state index contributed by atoms with van der Waals surface area (Å²) in [5.74, 6) is -1.73. The third-order valence-electron chi connectivity index (χ3n) is 4.49. The van der Waals surface area contributed by atoms with Gasteiger partial charge in [-0.15, -0.1) is 0 Å². The van der Waals surface area contributed by atoms with Gasteiger partial charge in [0.05, 0.1) is 0 Å². The Morgan fingerprint density at radius 3 is 1.42 bits per heavy atom. The minimum Gasteiger partial charge on any atom is -0.365 e. The molecular formula is C20H41NO3. The van der Waals surface area contributed by atoms with E-state index in [1.54, 1.807) is 0 Å². The summed E-state index contributed by atoms with van der Waals surface area (Å²) >= 11 is 0. The van der Waals surface area contributed by atoms with E-state index in [0.29, 0.717) is 19.6 Å². The second kappa shape index (κ2) is 15.9. The lowest BCUT2D eigenvalue weighted by molar-refractivity contribution is -0.228. The number of carbonyl (C=O) groups is 1. The lowest BCUT2D eigenvalue weighted by Crippen LogP contribution is -2.48. The Hall–Kier alpha value is -0.610. The topological polar surface area (TPSA) is 61.6 Å². The summed E-state index contributed by atoms with van der Waals surface area (Å²) in [6, 6.07) is 0. The first-order valence-corrected chi connectivity index (χ1v) is 10.2. The first-order valence-electron chi connectivity index (χ1n) is 10.2. The molecule has 0 spiro atoms. The smallest absolute Gasteiger partial charge is 0.277 e. The molecule has 0 aliphatic heterocycles. The van der Waals surface area contributed by atoms with E-state index in [2.05, 4.69) is 6.92 Å². The normalized spacial score (nSPS) is 11.8. The number of carbonyl (C=O) groups excluding carboxylic acids is 1. The average Bonchev–Trinajstić information content (AvgIpc) is 2.56. The number of rotatable bonds is 18. The summed E-state index contributed by atoms with van der Waals surface area (Å²) in [7, 11) is 0. The van der Waals surface area contributed by atoms with Crippen LogP contribution in [0.15, 0.2) is 0 Å². The number of primary amides is 1. The van der Waals surface area contributed by atoms with E-state index >= 15 is 0 Å². The van der Waals surface area contributed by atoms with Gasteiger partial charge in [-0.1, -0.05) is 77.6 Å². The van der Waals surface area contributed by atoms with E-state index in [1.807, 2.05) is 13.8 Å². The molecule has 0 saturated carbocycles. The third-order valence-corrected chi connectivity index (χ3v) is 4.49. The van der Waals surface area contributed by atoms with E-state index in [9.17, 15) is 4.79 Å². The van der Waals surface area contributed by atoms with E-state index in [1.165, 1.54) is 64.2 Å². The van der Waals surface area contributed by atoms with Crippen molar-refractivity contribution in [1.82, 2.24) is 0 Å². The SMILES string of the molecule is CCCCCCCCCCCCCCC(OCC)(OCC)C(N)=O. The highest BCUT2D eigenvalue weighted by Gasteiger charge is 2.37. The predicted molar refractivity (Wildman–Crippen MR) is 101 cm³/mol. The van der Waals surface area contributed by atoms with Crippen LogP contribution in [0.25, 0.3) is 0 Å². The molecule has 144 valence electrons. The maximum atomic E-state index is 11.7. The molecule has 0 aromatic rings. The van der Waals surface area contributed by atoms with Gasteiger partial charge in [0.25, 0.3) is 5.91 Å². The van der Waals surface area contributed by atoms with Crippen LogP contribution in [0.1, 0.15) is 104 Å². The number of amides is 1. The fraction of sp³-hybridized carbons (Fsp3) is 0.950. The Kier molecular flexibility index (Phi) is 15.5. The van der Waals surface area contributed by atoms with Gasteiger partial charge >= 0.3 is 0 Å². The van der Waals surface area contributed by atoms with Crippen LogP contribution in [-0.2, 0) is 14.3 Å². The summed E-state index contributed by atoms with van der Waals surface area (Å²) in [6.45, 7) is 6.84. The molecular weight excluding hydrogens is 302 g/mol. The van der Waals surface area contributed by atoms with E-state index in [-0.39, 0.29) is 0 Å². The fourth-order valence-electron chi connectivity index (χ4n) is 3.12. The minimum atomic E-state index is -1.22. The number of unbranched alkanes of at least 4 members (excludes halogenated alkanes) is 11. The van der Waals surface area contributed by atoms with Crippen LogP contribution in [0.5, 0.6) is 0 Å². The Balaban J connectivity index is 3.66.